The van der Waals surface area contributed by atoms with Gasteiger partial charge in [0, 0.05) is 0 Å². The molecule has 1 aromatic carbocycles. The average molecular weight is 278 g/mol. The molecule has 0 amide bonds. The van der Waals surface area contributed by atoms with Gasteiger partial charge in [-0.1, -0.05) is 31.2 Å². The molecule has 0 aromatic heterocycles. The zero-order valence-electron chi connectivity index (χ0n) is 12.5. The number of hydrogen-bond acceptors (Lipinski definition) is 3. The fourth-order valence-electron chi connectivity index (χ4n) is 1.79. The minimum absolute atomic E-state index is 0.147. The Labute approximate surface area is 119 Å². The van der Waals surface area contributed by atoms with E-state index in [9.17, 15) is 14.7 Å². The van der Waals surface area contributed by atoms with Crippen LogP contribution in [0.1, 0.15) is 38.8 Å². The Kier molecular flexibility index (Phi) is 5.31. The van der Waals surface area contributed by atoms with Crippen molar-refractivity contribution in [2.24, 2.45) is 5.92 Å². The fraction of sp³-hybridized carbons (Fsp3) is 0.500. The Balaban J connectivity index is 2.81. The minimum atomic E-state index is -1.17. The lowest BCUT2D eigenvalue weighted by atomic mass is 9.98. The van der Waals surface area contributed by atoms with E-state index in [1.807, 2.05) is 24.3 Å². The van der Waals surface area contributed by atoms with Crippen molar-refractivity contribution in [2.45, 2.75) is 46.1 Å². The van der Waals surface area contributed by atoms with Crippen LogP contribution in [0, 0.1) is 5.92 Å². The summed E-state index contributed by atoms with van der Waals surface area (Å²) >= 11 is 0. The van der Waals surface area contributed by atoms with Gasteiger partial charge < -0.3 is 9.84 Å². The average Bonchev–Trinajstić information content (AvgIpc) is 2.34. The number of carbonyl (C=O) groups is 2. The highest BCUT2D eigenvalue weighted by Gasteiger charge is 2.31. The Morgan fingerprint density at radius 1 is 1.15 bits per heavy atom. The third-order valence-corrected chi connectivity index (χ3v) is 2.86. The van der Waals surface area contributed by atoms with Gasteiger partial charge in [-0.25, -0.2) is 0 Å². The zero-order chi connectivity index (χ0) is 15.3. The lowest BCUT2D eigenvalue weighted by Crippen LogP contribution is -2.33. The van der Waals surface area contributed by atoms with Crippen LogP contribution in [0.4, 0.5) is 0 Å². The molecular formula is C16H22O4. The molecule has 4 heteroatoms. The first-order chi connectivity index (χ1) is 9.23. The molecule has 0 aliphatic rings. The molecule has 0 bridgehead atoms. The molecule has 0 fully saturated rings. The monoisotopic (exact) mass is 278 g/mol. The maximum Gasteiger partial charge on any atom is 0.321 e. The van der Waals surface area contributed by atoms with Gasteiger partial charge in [0.2, 0.25) is 0 Å². The summed E-state index contributed by atoms with van der Waals surface area (Å²) in [6.45, 7) is 7.22. The summed E-state index contributed by atoms with van der Waals surface area (Å²) in [7, 11) is 0. The van der Waals surface area contributed by atoms with Gasteiger partial charge in [0.1, 0.15) is 5.60 Å². The highest BCUT2D eigenvalue weighted by atomic mass is 16.6. The molecule has 1 atom stereocenters. The minimum Gasteiger partial charge on any atom is -0.481 e. The largest absolute Gasteiger partial charge is 0.481 e. The van der Waals surface area contributed by atoms with Crippen LogP contribution in [0.15, 0.2) is 24.3 Å². The van der Waals surface area contributed by atoms with E-state index in [4.69, 9.17) is 4.74 Å². The third-order valence-electron chi connectivity index (χ3n) is 2.86. The van der Waals surface area contributed by atoms with Crippen LogP contribution >= 0.6 is 0 Å². The van der Waals surface area contributed by atoms with Gasteiger partial charge >= 0.3 is 11.9 Å². The van der Waals surface area contributed by atoms with Crippen LogP contribution in [0.2, 0.25) is 0 Å². The van der Waals surface area contributed by atoms with E-state index in [0.29, 0.717) is 0 Å². The number of rotatable bonds is 5. The van der Waals surface area contributed by atoms with Crippen molar-refractivity contribution in [2.75, 3.05) is 0 Å². The van der Waals surface area contributed by atoms with Gasteiger partial charge in [0.15, 0.2) is 5.92 Å². The second-order valence-corrected chi connectivity index (χ2v) is 5.80. The first-order valence-corrected chi connectivity index (χ1v) is 6.76. The molecule has 0 heterocycles. The van der Waals surface area contributed by atoms with Crippen molar-refractivity contribution in [1.82, 2.24) is 0 Å². The molecule has 4 nitrogen and oxygen atoms in total. The van der Waals surface area contributed by atoms with Crippen molar-refractivity contribution in [3.8, 4) is 0 Å². The Bertz CT molecular complexity index is 468. The highest BCUT2D eigenvalue weighted by molar-refractivity contribution is 5.94. The number of benzene rings is 1. The first-order valence-electron chi connectivity index (χ1n) is 6.76. The van der Waals surface area contributed by atoms with Crippen LogP contribution in [0.3, 0.4) is 0 Å². The summed E-state index contributed by atoms with van der Waals surface area (Å²) in [5.74, 6) is -3.01. The Morgan fingerprint density at radius 2 is 1.65 bits per heavy atom. The van der Waals surface area contributed by atoms with Crippen LogP contribution in [0.5, 0.6) is 0 Å². The lowest BCUT2D eigenvalue weighted by Gasteiger charge is -2.22. The predicted molar refractivity (Wildman–Crippen MR) is 76.5 cm³/mol. The molecule has 0 aliphatic heterocycles. The second kappa shape index (κ2) is 6.55. The third kappa shape index (κ3) is 5.03. The van der Waals surface area contributed by atoms with Gasteiger partial charge in [-0.2, -0.15) is 0 Å². The predicted octanol–water partition coefficient (Wildman–Crippen LogP) is 2.83. The summed E-state index contributed by atoms with van der Waals surface area (Å²) in [5.41, 5.74) is 1.31. The molecule has 1 N–H and O–H groups in total. The molecule has 0 aliphatic carbocycles. The van der Waals surface area contributed by atoms with Gasteiger partial charge in [-0.15, -0.1) is 0 Å². The Morgan fingerprint density at radius 3 is 2.05 bits per heavy atom. The second-order valence-electron chi connectivity index (χ2n) is 5.80. The molecule has 1 rings (SSSR count). The highest BCUT2D eigenvalue weighted by Crippen LogP contribution is 2.16. The summed E-state index contributed by atoms with van der Waals surface area (Å²) in [6, 6.07) is 7.62. The quantitative estimate of drug-likeness (QED) is 0.664. The molecule has 1 aromatic rings. The van der Waals surface area contributed by atoms with Crippen LogP contribution in [-0.2, 0) is 27.2 Å². The fourth-order valence-corrected chi connectivity index (χ4v) is 1.79. The molecular weight excluding hydrogens is 256 g/mol. The van der Waals surface area contributed by atoms with Crippen molar-refractivity contribution < 1.29 is 19.4 Å². The molecule has 20 heavy (non-hydrogen) atoms. The van der Waals surface area contributed by atoms with Gasteiger partial charge in [0.05, 0.1) is 0 Å². The smallest absolute Gasteiger partial charge is 0.321 e. The maximum atomic E-state index is 11.9. The zero-order valence-corrected chi connectivity index (χ0v) is 12.5. The summed E-state index contributed by atoms with van der Waals surface area (Å²) in [5, 5.41) is 9.20. The lowest BCUT2D eigenvalue weighted by molar-refractivity contribution is -0.166. The first kappa shape index (κ1) is 16.2. The topological polar surface area (TPSA) is 63.6 Å². The van der Waals surface area contributed by atoms with Gasteiger partial charge in [-0.3, -0.25) is 9.59 Å². The van der Waals surface area contributed by atoms with E-state index in [0.717, 1.165) is 12.0 Å². The summed E-state index contributed by atoms with van der Waals surface area (Å²) < 4.78 is 5.16. The number of ether oxygens (including phenoxy) is 1. The molecule has 0 saturated carbocycles. The molecule has 110 valence electrons. The van der Waals surface area contributed by atoms with E-state index in [2.05, 4.69) is 6.92 Å². The SMILES string of the molecule is CCc1ccc(CC(C(=O)O)C(=O)OC(C)(C)C)cc1. The standard InChI is InChI=1S/C16H22O4/c1-5-11-6-8-12(9-7-11)10-13(14(17)18)15(19)20-16(2,3)4/h6-9,13H,5,10H2,1-4H3,(H,17,18). The van der Waals surface area contributed by atoms with E-state index < -0.39 is 23.5 Å². The van der Waals surface area contributed by atoms with Crippen molar-refractivity contribution in [1.29, 1.82) is 0 Å². The molecule has 0 saturated heterocycles. The normalized spacial score (nSPS) is 12.8. The van der Waals surface area contributed by atoms with Crippen LogP contribution in [-0.4, -0.2) is 22.6 Å². The number of aliphatic carboxylic acids is 1. The van der Waals surface area contributed by atoms with Gasteiger partial charge in [-0.05, 0) is 44.7 Å². The molecule has 0 spiro atoms. The van der Waals surface area contributed by atoms with E-state index in [1.165, 1.54) is 5.56 Å². The number of carbonyl (C=O) groups excluding carboxylic acids is 1. The maximum absolute atomic E-state index is 11.9. The van der Waals surface area contributed by atoms with E-state index in [-0.39, 0.29) is 6.42 Å². The van der Waals surface area contributed by atoms with Crippen molar-refractivity contribution in [3.05, 3.63) is 35.4 Å². The van der Waals surface area contributed by atoms with Crippen LogP contribution in [0.25, 0.3) is 0 Å². The number of esters is 1. The van der Waals surface area contributed by atoms with Crippen molar-refractivity contribution in [3.63, 3.8) is 0 Å². The van der Waals surface area contributed by atoms with E-state index in [1.54, 1.807) is 20.8 Å². The number of hydrogen-bond donors (Lipinski definition) is 1. The van der Waals surface area contributed by atoms with Crippen molar-refractivity contribution >= 4 is 11.9 Å². The number of carboxylic acids is 1. The number of carboxylic acid groups (broad SMARTS) is 1. The van der Waals surface area contributed by atoms with E-state index >= 15 is 0 Å². The number of aryl methyl sites for hydroxylation is 1. The van der Waals surface area contributed by atoms with Gasteiger partial charge in [0.25, 0.3) is 0 Å². The van der Waals surface area contributed by atoms with Crippen LogP contribution < -0.4 is 0 Å². The summed E-state index contributed by atoms with van der Waals surface area (Å²) in [6.07, 6.45) is 1.07. The molecule has 1 unspecified atom stereocenters. The summed E-state index contributed by atoms with van der Waals surface area (Å²) in [4.78, 5) is 23.2. The molecule has 0 radical (unpaired) electrons. The Hall–Kier alpha value is -1.84.